The number of hydrogen-bond acceptors (Lipinski definition) is 5. The van der Waals surface area contributed by atoms with Crippen molar-refractivity contribution in [1.82, 2.24) is 0 Å². The van der Waals surface area contributed by atoms with Crippen molar-refractivity contribution in [3.05, 3.63) is 57.5 Å². The molecule has 0 aromatic rings. The van der Waals surface area contributed by atoms with Crippen LogP contribution in [0.1, 0.15) is 41.0 Å². The zero-order valence-corrected chi connectivity index (χ0v) is 17.7. The minimum atomic E-state index is -1.89. The van der Waals surface area contributed by atoms with Gasteiger partial charge in [0.05, 0.1) is 10.1 Å². The van der Waals surface area contributed by atoms with E-state index in [1.165, 1.54) is 13.2 Å². The largest absolute Gasteiger partial charge is 0.464 e. The van der Waals surface area contributed by atoms with Crippen LogP contribution in [-0.2, 0) is 23.9 Å². The first-order valence-corrected chi connectivity index (χ1v) is 9.53. The van der Waals surface area contributed by atoms with Gasteiger partial charge in [-0.05, 0) is 47.8 Å². The van der Waals surface area contributed by atoms with E-state index in [9.17, 15) is 14.4 Å². The molecule has 0 aromatic carbocycles. The van der Waals surface area contributed by atoms with Crippen LogP contribution in [0, 0.1) is 5.92 Å². The van der Waals surface area contributed by atoms with Gasteiger partial charge < -0.3 is 9.47 Å². The summed E-state index contributed by atoms with van der Waals surface area (Å²) in [6.45, 7) is 8.72. The Morgan fingerprint density at radius 1 is 1.33 bits per heavy atom. The van der Waals surface area contributed by atoms with Crippen molar-refractivity contribution in [3.63, 3.8) is 0 Å². The van der Waals surface area contributed by atoms with Crippen LogP contribution in [0.3, 0.4) is 0 Å². The maximum atomic E-state index is 12.7. The van der Waals surface area contributed by atoms with Gasteiger partial charge in [0.1, 0.15) is 12.0 Å². The number of fused-ring (bicyclic) bond motifs is 1. The predicted octanol–water partition coefficient (Wildman–Crippen LogP) is 4.46. The van der Waals surface area contributed by atoms with Gasteiger partial charge in [0.25, 0.3) is 0 Å². The first kappa shape index (κ1) is 21.1. The molecule has 144 valence electrons. The summed E-state index contributed by atoms with van der Waals surface area (Å²) in [4.78, 5) is 36.7. The monoisotopic (exact) mass is 434 g/mol. The number of carbonyl (C=O) groups is 3. The molecule has 2 atom stereocenters. The molecule has 1 unspecified atom stereocenters. The Hall–Kier alpha value is -2.21. The molecule has 0 N–H and O–H groups in total. The van der Waals surface area contributed by atoms with Crippen molar-refractivity contribution in [1.29, 1.82) is 0 Å². The Bertz CT molecular complexity index is 841. The molecule has 0 fully saturated rings. The van der Waals surface area contributed by atoms with E-state index in [1.807, 2.05) is 13.0 Å². The van der Waals surface area contributed by atoms with Crippen LogP contribution < -0.4 is 0 Å². The highest BCUT2D eigenvalue weighted by Gasteiger charge is 2.52. The molecular weight excluding hydrogens is 412 g/mol. The van der Waals surface area contributed by atoms with Gasteiger partial charge in [0.15, 0.2) is 0 Å². The number of halogens is 1. The van der Waals surface area contributed by atoms with Gasteiger partial charge in [-0.3, -0.25) is 14.4 Å². The van der Waals surface area contributed by atoms with E-state index >= 15 is 0 Å². The van der Waals surface area contributed by atoms with Gasteiger partial charge in [-0.2, -0.15) is 0 Å². The van der Waals surface area contributed by atoms with Crippen molar-refractivity contribution < 1.29 is 23.9 Å². The van der Waals surface area contributed by atoms with Crippen molar-refractivity contribution in [2.45, 2.75) is 46.6 Å². The smallest absolute Gasteiger partial charge is 0.304 e. The first-order chi connectivity index (χ1) is 12.6. The summed E-state index contributed by atoms with van der Waals surface area (Å²) in [5, 5.41) is 0. The van der Waals surface area contributed by atoms with Crippen molar-refractivity contribution in [3.8, 4) is 0 Å². The molecule has 0 bridgehead atoms. The molecule has 0 spiro atoms. The maximum absolute atomic E-state index is 12.7. The minimum Gasteiger partial charge on any atom is -0.464 e. The minimum absolute atomic E-state index is 0.179. The summed E-state index contributed by atoms with van der Waals surface area (Å²) in [5.41, 5.74) is -0.187. The molecule has 1 heterocycles. The Kier molecular flexibility index (Phi) is 6.42. The second-order valence-corrected chi connectivity index (χ2v) is 7.63. The lowest BCUT2D eigenvalue weighted by Gasteiger charge is -2.32. The van der Waals surface area contributed by atoms with Crippen molar-refractivity contribution >= 4 is 33.5 Å². The quantitative estimate of drug-likeness (QED) is 0.363. The normalized spacial score (nSPS) is 24.3. The van der Waals surface area contributed by atoms with Crippen LogP contribution in [0.15, 0.2) is 57.5 Å². The maximum Gasteiger partial charge on any atom is 0.304 e. The van der Waals surface area contributed by atoms with Crippen LogP contribution in [-0.4, -0.2) is 23.1 Å². The summed E-state index contributed by atoms with van der Waals surface area (Å²) >= 11 is 3.25. The molecule has 27 heavy (non-hydrogen) atoms. The van der Waals surface area contributed by atoms with E-state index in [1.54, 1.807) is 12.2 Å². The number of esters is 1. The molecule has 2 rings (SSSR count). The molecule has 0 amide bonds. The number of rotatable bonds is 5. The van der Waals surface area contributed by atoms with Gasteiger partial charge >= 0.3 is 5.97 Å². The third-order valence-corrected chi connectivity index (χ3v) is 5.27. The lowest BCUT2D eigenvalue weighted by molar-refractivity contribution is -0.167. The molecular formula is C21H23BrO5. The first-order valence-electron chi connectivity index (χ1n) is 8.74. The number of ketones is 2. The molecule has 2 aliphatic rings. The fourth-order valence-corrected chi connectivity index (χ4v) is 3.50. The predicted molar refractivity (Wildman–Crippen MR) is 106 cm³/mol. The Labute approximate surface area is 167 Å². The lowest BCUT2D eigenvalue weighted by Crippen LogP contribution is -2.51. The summed E-state index contributed by atoms with van der Waals surface area (Å²) in [6.07, 6.45) is 9.83. The van der Waals surface area contributed by atoms with Gasteiger partial charge in [-0.1, -0.05) is 38.0 Å². The topological polar surface area (TPSA) is 69.7 Å². The van der Waals surface area contributed by atoms with Crippen LogP contribution >= 0.6 is 15.9 Å². The molecule has 0 saturated heterocycles. The number of carbonyl (C=O) groups excluding carboxylic acids is 3. The van der Waals surface area contributed by atoms with Gasteiger partial charge in [-0.25, -0.2) is 0 Å². The van der Waals surface area contributed by atoms with Crippen LogP contribution in [0.5, 0.6) is 0 Å². The van der Waals surface area contributed by atoms with E-state index in [0.717, 1.165) is 18.9 Å². The molecule has 5 nitrogen and oxygen atoms in total. The summed E-state index contributed by atoms with van der Waals surface area (Å²) < 4.78 is 10.8. The highest BCUT2D eigenvalue weighted by molar-refractivity contribution is 9.12. The second kappa shape index (κ2) is 8.21. The zero-order chi connectivity index (χ0) is 20.4. The van der Waals surface area contributed by atoms with Crippen LogP contribution in [0.25, 0.3) is 0 Å². The number of Topliss-reactive ketones (excluding diaryl/α,β-unsaturated/α-hetero) is 2. The standard InChI is InChI=1S/C21H23BrO5/c1-6-12(2)9-13(3)7-8-15-10-16-17(11-26-15)19(24)21(5,27-14(4)23)20(25)18(16)22/h7-12H,6H2,1-5H3/t12-,21?/m0/s1. The molecule has 1 aliphatic carbocycles. The summed E-state index contributed by atoms with van der Waals surface area (Å²) in [5.74, 6) is -0.925. The van der Waals surface area contributed by atoms with E-state index in [2.05, 4.69) is 35.9 Å². The molecule has 6 heteroatoms. The van der Waals surface area contributed by atoms with Gasteiger partial charge in [0, 0.05) is 12.5 Å². The third kappa shape index (κ3) is 4.38. The number of ether oxygens (including phenoxy) is 2. The average molecular weight is 435 g/mol. The van der Waals surface area contributed by atoms with E-state index in [-0.39, 0.29) is 10.1 Å². The lowest BCUT2D eigenvalue weighted by atomic mass is 9.80. The zero-order valence-electron chi connectivity index (χ0n) is 16.1. The van der Waals surface area contributed by atoms with Crippen molar-refractivity contribution in [2.75, 3.05) is 0 Å². The number of hydrogen-bond donors (Lipinski definition) is 0. The highest BCUT2D eigenvalue weighted by Crippen LogP contribution is 2.39. The van der Waals surface area contributed by atoms with Gasteiger partial charge in [0.2, 0.25) is 17.2 Å². The average Bonchev–Trinajstić information content (AvgIpc) is 2.62. The highest BCUT2D eigenvalue weighted by atomic mass is 79.9. The second-order valence-electron chi connectivity index (χ2n) is 6.84. The van der Waals surface area contributed by atoms with Crippen molar-refractivity contribution in [2.24, 2.45) is 5.92 Å². The fourth-order valence-electron chi connectivity index (χ4n) is 2.80. The third-order valence-electron chi connectivity index (χ3n) is 4.49. The molecule has 1 aliphatic heterocycles. The van der Waals surface area contributed by atoms with Crippen LogP contribution in [0.2, 0.25) is 0 Å². The summed E-state index contributed by atoms with van der Waals surface area (Å²) in [6, 6.07) is 0. The van der Waals surface area contributed by atoms with E-state index < -0.39 is 23.1 Å². The fraction of sp³-hybridized carbons (Fsp3) is 0.381. The van der Waals surface area contributed by atoms with Gasteiger partial charge in [-0.15, -0.1) is 0 Å². The Morgan fingerprint density at radius 2 is 2.00 bits per heavy atom. The van der Waals surface area contributed by atoms with E-state index in [0.29, 0.717) is 17.3 Å². The molecule has 0 radical (unpaired) electrons. The summed E-state index contributed by atoms with van der Waals surface area (Å²) in [7, 11) is 0. The SMILES string of the molecule is CC[C@H](C)C=C(C)C=CC1=CC2=C(Br)C(=O)C(C)(OC(C)=O)C(=O)C2=CO1. The Morgan fingerprint density at radius 3 is 2.59 bits per heavy atom. The number of allylic oxidation sites excluding steroid dienone is 6. The molecule has 0 aromatic heterocycles. The molecule has 0 saturated carbocycles. The van der Waals surface area contributed by atoms with E-state index in [4.69, 9.17) is 9.47 Å². The Balaban J connectivity index is 2.36. The van der Waals surface area contributed by atoms with Crippen LogP contribution in [0.4, 0.5) is 0 Å².